The van der Waals surface area contributed by atoms with Crippen molar-refractivity contribution in [1.29, 1.82) is 0 Å². The molecule has 0 bridgehead atoms. The van der Waals surface area contributed by atoms with Crippen molar-refractivity contribution in [3.05, 3.63) is 47.0 Å². The molecule has 0 unspecified atom stereocenters. The molecule has 1 N–H and O–H groups in total. The van der Waals surface area contributed by atoms with Crippen LogP contribution in [-0.2, 0) is 16.1 Å². The highest BCUT2D eigenvalue weighted by Gasteiger charge is 2.26. The second-order valence-corrected chi connectivity index (χ2v) is 7.05. The Hall–Kier alpha value is -2.24. The largest absolute Gasteiger partial charge is 0.504 e. The second kappa shape index (κ2) is 8.63. The molecule has 2 aromatic carbocycles. The van der Waals surface area contributed by atoms with E-state index < -0.39 is 6.10 Å². The van der Waals surface area contributed by atoms with E-state index in [9.17, 15) is 9.90 Å². The third kappa shape index (κ3) is 4.54. The molecule has 0 saturated carbocycles. The number of amides is 1. The van der Waals surface area contributed by atoms with Crippen molar-refractivity contribution in [2.24, 2.45) is 0 Å². The van der Waals surface area contributed by atoms with Crippen molar-refractivity contribution in [3.63, 3.8) is 0 Å². The summed E-state index contributed by atoms with van der Waals surface area (Å²) >= 11 is 6.09. The van der Waals surface area contributed by atoms with Gasteiger partial charge in [0.25, 0.3) is 5.91 Å². The van der Waals surface area contributed by atoms with Crippen molar-refractivity contribution in [3.8, 4) is 22.6 Å². The Morgan fingerprint density at radius 3 is 2.89 bits per heavy atom. The Morgan fingerprint density at radius 2 is 2.15 bits per heavy atom. The Morgan fingerprint density at radius 1 is 1.33 bits per heavy atom. The number of phenols is 1. The number of ether oxygens (including phenoxy) is 2. The fourth-order valence-corrected chi connectivity index (χ4v) is 3.34. The molecular formula is C21H24ClNO4. The Balaban J connectivity index is 1.88. The van der Waals surface area contributed by atoms with E-state index in [0.29, 0.717) is 37.1 Å². The van der Waals surface area contributed by atoms with Gasteiger partial charge in [-0.3, -0.25) is 4.79 Å². The fraction of sp³-hybridized carbons (Fsp3) is 0.381. The van der Waals surface area contributed by atoms with Gasteiger partial charge >= 0.3 is 0 Å². The summed E-state index contributed by atoms with van der Waals surface area (Å²) in [5, 5.41) is 11.1. The van der Waals surface area contributed by atoms with Crippen molar-refractivity contribution in [2.75, 3.05) is 19.8 Å². The Kier molecular flexibility index (Phi) is 6.24. The molecule has 2 aromatic rings. The molecule has 0 radical (unpaired) electrons. The lowest BCUT2D eigenvalue weighted by atomic mass is 10.0. The highest BCUT2D eigenvalue weighted by Crippen LogP contribution is 2.38. The van der Waals surface area contributed by atoms with Crippen molar-refractivity contribution >= 4 is 17.5 Å². The van der Waals surface area contributed by atoms with E-state index in [1.807, 2.05) is 31.2 Å². The van der Waals surface area contributed by atoms with Gasteiger partial charge in [0.05, 0.1) is 6.54 Å². The minimum Gasteiger partial charge on any atom is -0.504 e. The number of carbonyl (C=O) groups is 1. The molecule has 0 fully saturated rings. The average molecular weight is 390 g/mol. The maximum Gasteiger partial charge on any atom is 0.251 e. The summed E-state index contributed by atoms with van der Waals surface area (Å²) in [6, 6.07) is 11.0. The molecule has 1 heterocycles. The van der Waals surface area contributed by atoms with Crippen LogP contribution in [0.5, 0.6) is 11.5 Å². The van der Waals surface area contributed by atoms with Gasteiger partial charge in [0.15, 0.2) is 11.5 Å². The molecule has 1 atom stereocenters. The molecule has 0 saturated heterocycles. The minimum atomic E-state index is -0.504. The third-order valence-electron chi connectivity index (χ3n) is 4.50. The van der Waals surface area contributed by atoms with Crippen LogP contribution in [0, 0.1) is 0 Å². The average Bonchev–Trinajstić information content (AvgIpc) is 2.88. The van der Waals surface area contributed by atoms with Crippen LogP contribution in [0.15, 0.2) is 36.4 Å². The molecule has 5 nitrogen and oxygen atoms in total. The zero-order valence-electron chi connectivity index (χ0n) is 15.6. The monoisotopic (exact) mass is 389 g/mol. The summed E-state index contributed by atoms with van der Waals surface area (Å²) in [7, 11) is 0. The Bertz CT molecular complexity index is 824. The van der Waals surface area contributed by atoms with E-state index >= 15 is 0 Å². The van der Waals surface area contributed by atoms with Crippen LogP contribution < -0.4 is 4.74 Å². The molecule has 1 amide bonds. The molecule has 0 spiro atoms. The van der Waals surface area contributed by atoms with E-state index in [-0.39, 0.29) is 11.7 Å². The summed E-state index contributed by atoms with van der Waals surface area (Å²) in [6.45, 7) is 5.45. The Labute approximate surface area is 164 Å². The first-order valence-electron chi connectivity index (χ1n) is 9.14. The lowest BCUT2D eigenvalue weighted by molar-refractivity contribution is -0.143. The van der Waals surface area contributed by atoms with Gasteiger partial charge in [0, 0.05) is 23.7 Å². The molecule has 0 aliphatic carbocycles. The maximum atomic E-state index is 12.7. The van der Waals surface area contributed by atoms with Gasteiger partial charge in [-0.05, 0) is 48.7 Å². The summed E-state index contributed by atoms with van der Waals surface area (Å²) in [4.78, 5) is 14.4. The zero-order chi connectivity index (χ0) is 19.4. The van der Waals surface area contributed by atoms with Crippen LogP contribution in [0.2, 0.25) is 5.02 Å². The summed E-state index contributed by atoms with van der Waals surface area (Å²) < 4.78 is 11.3. The molecule has 3 rings (SSSR count). The summed E-state index contributed by atoms with van der Waals surface area (Å²) in [5.74, 6) is 0.415. The zero-order valence-corrected chi connectivity index (χ0v) is 16.3. The second-order valence-electron chi connectivity index (χ2n) is 6.62. The first kappa shape index (κ1) is 19.5. The number of nitrogens with zero attached hydrogens (tertiary/aromatic N) is 1. The van der Waals surface area contributed by atoms with Crippen molar-refractivity contribution in [1.82, 2.24) is 4.90 Å². The SMILES string of the molecule is CCCO[C@H](C)C(=O)N1CCOc2c(O)cc(-c3cccc(Cl)c3)cc2C1. The van der Waals surface area contributed by atoms with Crippen LogP contribution in [-0.4, -0.2) is 41.8 Å². The van der Waals surface area contributed by atoms with Crippen LogP contribution >= 0.6 is 11.6 Å². The number of rotatable bonds is 5. The summed E-state index contributed by atoms with van der Waals surface area (Å²) in [5.41, 5.74) is 2.47. The number of benzene rings is 2. The molecule has 1 aliphatic heterocycles. The van der Waals surface area contributed by atoms with E-state index in [0.717, 1.165) is 23.1 Å². The highest BCUT2D eigenvalue weighted by atomic mass is 35.5. The van der Waals surface area contributed by atoms with Gasteiger partial charge in [0.1, 0.15) is 12.7 Å². The number of carbonyl (C=O) groups excluding carboxylic acids is 1. The molecular weight excluding hydrogens is 366 g/mol. The number of halogens is 1. The fourth-order valence-electron chi connectivity index (χ4n) is 3.14. The molecule has 144 valence electrons. The molecule has 6 heteroatoms. The first-order chi connectivity index (χ1) is 13.0. The number of aromatic hydroxyl groups is 1. The first-order valence-corrected chi connectivity index (χ1v) is 9.52. The van der Waals surface area contributed by atoms with Gasteiger partial charge in [0.2, 0.25) is 0 Å². The van der Waals surface area contributed by atoms with Crippen LogP contribution in [0.3, 0.4) is 0 Å². The smallest absolute Gasteiger partial charge is 0.251 e. The lowest BCUT2D eigenvalue weighted by Crippen LogP contribution is -2.40. The predicted octanol–water partition coefficient (Wildman–Crippen LogP) is 4.25. The van der Waals surface area contributed by atoms with Crippen LogP contribution in [0.1, 0.15) is 25.8 Å². The van der Waals surface area contributed by atoms with Crippen LogP contribution in [0.25, 0.3) is 11.1 Å². The predicted molar refractivity (Wildman–Crippen MR) is 105 cm³/mol. The van der Waals surface area contributed by atoms with Gasteiger partial charge in [-0.15, -0.1) is 0 Å². The van der Waals surface area contributed by atoms with Crippen molar-refractivity contribution < 1.29 is 19.4 Å². The molecule has 0 aromatic heterocycles. The summed E-state index contributed by atoms with van der Waals surface area (Å²) in [6.07, 6.45) is 0.358. The van der Waals surface area contributed by atoms with E-state index in [1.54, 1.807) is 24.0 Å². The lowest BCUT2D eigenvalue weighted by Gasteiger charge is -2.24. The number of fused-ring (bicyclic) bond motifs is 1. The maximum absolute atomic E-state index is 12.7. The van der Waals surface area contributed by atoms with Gasteiger partial charge in [-0.25, -0.2) is 0 Å². The molecule has 1 aliphatic rings. The molecule has 27 heavy (non-hydrogen) atoms. The van der Waals surface area contributed by atoms with Gasteiger partial charge in [-0.1, -0.05) is 30.7 Å². The van der Waals surface area contributed by atoms with E-state index in [1.165, 1.54) is 0 Å². The number of phenolic OH excluding ortho intramolecular Hbond substituents is 1. The highest BCUT2D eigenvalue weighted by molar-refractivity contribution is 6.30. The quantitative estimate of drug-likeness (QED) is 0.830. The van der Waals surface area contributed by atoms with E-state index in [4.69, 9.17) is 21.1 Å². The van der Waals surface area contributed by atoms with Gasteiger partial charge in [-0.2, -0.15) is 0 Å². The minimum absolute atomic E-state index is 0.0621. The van der Waals surface area contributed by atoms with Crippen molar-refractivity contribution in [2.45, 2.75) is 32.9 Å². The standard InChI is InChI=1S/C21H24ClNO4/c1-3-8-26-14(2)21(25)23-7-9-27-20-17(13-23)10-16(12-19(20)24)15-5-4-6-18(22)11-15/h4-6,10-12,14,24H,3,7-9,13H2,1-2H3/t14-/m1/s1. The number of hydrogen-bond acceptors (Lipinski definition) is 4. The topological polar surface area (TPSA) is 59.0 Å². The number of hydrogen-bond donors (Lipinski definition) is 1. The van der Waals surface area contributed by atoms with E-state index in [2.05, 4.69) is 0 Å². The normalized spacial score (nSPS) is 14.9. The third-order valence-corrected chi connectivity index (χ3v) is 4.74. The van der Waals surface area contributed by atoms with Crippen LogP contribution in [0.4, 0.5) is 0 Å². The van der Waals surface area contributed by atoms with Gasteiger partial charge < -0.3 is 19.5 Å².